The Hall–Kier alpha value is -2.30. The van der Waals surface area contributed by atoms with E-state index in [1.54, 1.807) is 0 Å². The molecule has 1 aromatic heterocycles. The number of likely N-dealkylation sites (tertiary alicyclic amines) is 1. The van der Waals surface area contributed by atoms with Gasteiger partial charge in [-0.3, -0.25) is 9.48 Å². The van der Waals surface area contributed by atoms with Crippen molar-refractivity contribution in [3.8, 4) is 5.75 Å². The number of amides is 1. The summed E-state index contributed by atoms with van der Waals surface area (Å²) in [7, 11) is 0. The van der Waals surface area contributed by atoms with Crippen molar-refractivity contribution in [2.45, 2.75) is 46.3 Å². The predicted octanol–water partition coefficient (Wildman–Crippen LogP) is 3.40. The fourth-order valence-electron chi connectivity index (χ4n) is 3.26. The van der Waals surface area contributed by atoms with E-state index in [0.29, 0.717) is 24.7 Å². The Morgan fingerprint density at radius 3 is 2.76 bits per heavy atom. The molecule has 25 heavy (non-hydrogen) atoms. The third kappa shape index (κ3) is 4.21. The Labute approximate surface area is 149 Å². The topological polar surface area (TPSA) is 47.4 Å². The molecule has 1 aromatic carbocycles. The summed E-state index contributed by atoms with van der Waals surface area (Å²) in [4.78, 5) is 14.8. The number of aryl methyl sites for hydroxylation is 1. The molecule has 1 atom stereocenters. The van der Waals surface area contributed by atoms with E-state index >= 15 is 0 Å². The highest BCUT2D eigenvalue weighted by atomic mass is 16.5. The molecule has 0 N–H and O–H groups in total. The van der Waals surface area contributed by atoms with Gasteiger partial charge < -0.3 is 9.64 Å². The Morgan fingerprint density at radius 2 is 2.08 bits per heavy atom. The zero-order valence-electron chi connectivity index (χ0n) is 15.3. The maximum atomic E-state index is 12.9. The standard InChI is InChI=1S/C20H27N3O2/c1-4-23-19(13-16(21-23)12-15(2)3)20(24)22-11-10-18(14-22)25-17-8-6-5-7-9-17/h5-9,13,15,18H,4,10-12,14H2,1-3H3/t18-/m0/s1. The van der Waals surface area contributed by atoms with Gasteiger partial charge in [-0.05, 0) is 37.5 Å². The van der Waals surface area contributed by atoms with Crippen molar-refractivity contribution in [2.75, 3.05) is 13.1 Å². The van der Waals surface area contributed by atoms with Gasteiger partial charge in [0.15, 0.2) is 0 Å². The Balaban J connectivity index is 1.66. The first-order valence-electron chi connectivity index (χ1n) is 9.14. The lowest BCUT2D eigenvalue weighted by Gasteiger charge is -2.17. The Bertz CT molecular complexity index is 709. The van der Waals surface area contributed by atoms with Crippen molar-refractivity contribution >= 4 is 5.91 Å². The number of rotatable bonds is 6. The molecule has 2 aromatic rings. The van der Waals surface area contributed by atoms with Crippen LogP contribution in [0.25, 0.3) is 0 Å². The zero-order chi connectivity index (χ0) is 17.8. The van der Waals surface area contributed by atoms with Crippen LogP contribution < -0.4 is 4.74 Å². The summed E-state index contributed by atoms with van der Waals surface area (Å²) in [6.45, 7) is 8.41. The second kappa shape index (κ2) is 7.72. The van der Waals surface area contributed by atoms with Gasteiger partial charge in [-0.15, -0.1) is 0 Å². The number of benzene rings is 1. The highest BCUT2D eigenvalue weighted by molar-refractivity contribution is 5.93. The van der Waals surface area contributed by atoms with Crippen LogP contribution in [0, 0.1) is 5.92 Å². The molecule has 1 aliphatic rings. The molecule has 5 heteroatoms. The first-order chi connectivity index (χ1) is 12.1. The van der Waals surface area contributed by atoms with Crippen molar-refractivity contribution in [1.82, 2.24) is 14.7 Å². The number of carbonyl (C=O) groups is 1. The molecule has 0 bridgehead atoms. The van der Waals surface area contributed by atoms with Crippen molar-refractivity contribution in [3.63, 3.8) is 0 Å². The monoisotopic (exact) mass is 341 g/mol. The highest BCUT2D eigenvalue weighted by Gasteiger charge is 2.30. The van der Waals surface area contributed by atoms with Crippen molar-refractivity contribution in [1.29, 1.82) is 0 Å². The lowest BCUT2D eigenvalue weighted by molar-refractivity contribution is 0.0760. The summed E-state index contributed by atoms with van der Waals surface area (Å²) in [5.74, 6) is 1.45. The van der Waals surface area contributed by atoms with Crippen LogP contribution in [-0.4, -0.2) is 39.8 Å². The van der Waals surface area contributed by atoms with Gasteiger partial charge in [-0.1, -0.05) is 32.0 Å². The molecule has 2 heterocycles. The molecule has 1 saturated heterocycles. The molecule has 0 unspecified atom stereocenters. The van der Waals surface area contributed by atoms with Gasteiger partial charge in [0.1, 0.15) is 17.5 Å². The molecular formula is C20H27N3O2. The number of hydrogen-bond donors (Lipinski definition) is 0. The molecule has 1 amide bonds. The minimum absolute atomic E-state index is 0.0551. The SMILES string of the molecule is CCn1nc(CC(C)C)cc1C(=O)N1CC[C@H](Oc2ccccc2)C1. The zero-order valence-corrected chi connectivity index (χ0v) is 15.3. The largest absolute Gasteiger partial charge is 0.489 e. The first-order valence-corrected chi connectivity index (χ1v) is 9.14. The fraction of sp³-hybridized carbons (Fsp3) is 0.500. The van der Waals surface area contributed by atoms with Gasteiger partial charge in [-0.25, -0.2) is 0 Å². The number of para-hydroxylation sites is 1. The summed E-state index contributed by atoms with van der Waals surface area (Å²) >= 11 is 0. The Kier molecular flexibility index (Phi) is 5.41. The molecule has 0 spiro atoms. The van der Waals surface area contributed by atoms with E-state index in [1.165, 1.54) is 0 Å². The van der Waals surface area contributed by atoms with Crippen LogP contribution in [0.15, 0.2) is 36.4 Å². The minimum atomic E-state index is 0.0551. The maximum Gasteiger partial charge on any atom is 0.272 e. The second-order valence-electron chi connectivity index (χ2n) is 7.03. The van der Waals surface area contributed by atoms with Gasteiger partial charge >= 0.3 is 0 Å². The molecule has 134 valence electrons. The van der Waals surface area contributed by atoms with Gasteiger partial charge in [0.05, 0.1) is 12.2 Å². The third-order valence-corrected chi connectivity index (χ3v) is 4.44. The van der Waals surface area contributed by atoms with E-state index in [0.717, 1.165) is 30.8 Å². The number of aromatic nitrogens is 2. The first kappa shape index (κ1) is 17.5. The minimum Gasteiger partial charge on any atom is -0.489 e. The van der Waals surface area contributed by atoms with Gasteiger partial charge in [-0.2, -0.15) is 5.10 Å². The number of nitrogens with zero attached hydrogens (tertiary/aromatic N) is 3. The van der Waals surface area contributed by atoms with Gasteiger partial charge in [0.25, 0.3) is 5.91 Å². The van der Waals surface area contributed by atoms with Crippen molar-refractivity contribution < 1.29 is 9.53 Å². The molecule has 0 radical (unpaired) electrons. The van der Waals surface area contributed by atoms with E-state index in [2.05, 4.69) is 18.9 Å². The molecule has 0 saturated carbocycles. The van der Waals surface area contributed by atoms with Crippen LogP contribution in [0.2, 0.25) is 0 Å². The Morgan fingerprint density at radius 1 is 1.32 bits per heavy atom. The van der Waals surface area contributed by atoms with Crippen LogP contribution in [0.3, 0.4) is 0 Å². The van der Waals surface area contributed by atoms with E-state index in [1.807, 2.05) is 52.9 Å². The smallest absolute Gasteiger partial charge is 0.272 e. The van der Waals surface area contributed by atoms with Crippen LogP contribution >= 0.6 is 0 Å². The molecule has 1 fully saturated rings. The van der Waals surface area contributed by atoms with Gasteiger partial charge in [0, 0.05) is 19.5 Å². The van der Waals surface area contributed by atoms with Gasteiger partial charge in [0.2, 0.25) is 0 Å². The predicted molar refractivity (Wildman–Crippen MR) is 97.8 cm³/mol. The number of ether oxygens (including phenoxy) is 1. The summed E-state index contributed by atoms with van der Waals surface area (Å²) < 4.78 is 7.81. The fourth-order valence-corrected chi connectivity index (χ4v) is 3.26. The van der Waals surface area contributed by atoms with Crippen LogP contribution in [0.4, 0.5) is 0 Å². The summed E-state index contributed by atoms with van der Waals surface area (Å²) in [6.07, 6.45) is 1.81. The van der Waals surface area contributed by atoms with Crippen LogP contribution in [-0.2, 0) is 13.0 Å². The van der Waals surface area contributed by atoms with Crippen LogP contribution in [0.5, 0.6) is 5.75 Å². The molecule has 1 aliphatic heterocycles. The lowest BCUT2D eigenvalue weighted by atomic mass is 10.1. The highest BCUT2D eigenvalue weighted by Crippen LogP contribution is 2.20. The molecular weight excluding hydrogens is 314 g/mol. The lowest BCUT2D eigenvalue weighted by Crippen LogP contribution is -2.32. The normalized spacial score (nSPS) is 17.3. The third-order valence-electron chi connectivity index (χ3n) is 4.44. The maximum absolute atomic E-state index is 12.9. The summed E-state index contributed by atoms with van der Waals surface area (Å²) in [5, 5.41) is 4.59. The van der Waals surface area contributed by atoms with Crippen molar-refractivity contribution in [3.05, 3.63) is 47.8 Å². The molecule has 3 rings (SSSR count). The number of carbonyl (C=O) groups excluding carboxylic acids is 1. The number of hydrogen-bond acceptors (Lipinski definition) is 3. The van der Waals surface area contributed by atoms with E-state index in [4.69, 9.17) is 4.74 Å². The molecule has 0 aliphatic carbocycles. The van der Waals surface area contributed by atoms with E-state index in [9.17, 15) is 4.79 Å². The summed E-state index contributed by atoms with van der Waals surface area (Å²) in [5.41, 5.74) is 1.69. The van der Waals surface area contributed by atoms with E-state index in [-0.39, 0.29) is 12.0 Å². The van der Waals surface area contributed by atoms with Crippen LogP contribution in [0.1, 0.15) is 43.4 Å². The summed E-state index contributed by atoms with van der Waals surface area (Å²) in [6, 6.07) is 11.8. The molecule has 5 nitrogen and oxygen atoms in total. The quantitative estimate of drug-likeness (QED) is 0.809. The van der Waals surface area contributed by atoms with Crippen molar-refractivity contribution in [2.24, 2.45) is 5.92 Å². The van der Waals surface area contributed by atoms with E-state index < -0.39 is 0 Å². The average Bonchev–Trinajstić information content (AvgIpc) is 3.21. The second-order valence-corrected chi connectivity index (χ2v) is 7.03. The average molecular weight is 341 g/mol.